The summed E-state index contributed by atoms with van der Waals surface area (Å²) in [6.45, 7) is 7.16. The quantitative estimate of drug-likeness (QED) is 0.788. The lowest BCUT2D eigenvalue weighted by Crippen LogP contribution is -2.37. The lowest BCUT2D eigenvalue weighted by Gasteiger charge is -2.23. The third kappa shape index (κ3) is 5.66. The standard InChI is InChI=1S/C20H25ClN2O/c1-14(2)20(17-8-10-18(21)11-9-17)23-13-19(24)22-12-16-6-4-15(3)5-7-16/h4-11,14,20,23H,12-13H2,1-3H3,(H,22,24). The van der Waals surface area contributed by atoms with E-state index in [1.165, 1.54) is 5.56 Å². The summed E-state index contributed by atoms with van der Waals surface area (Å²) in [4.78, 5) is 12.1. The third-order valence-corrected chi connectivity index (χ3v) is 4.24. The maximum atomic E-state index is 12.1. The minimum absolute atomic E-state index is 0.00446. The summed E-state index contributed by atoms with van der Waals surface area (Å²) >= 11 is 5.95. The summed E-state index contributed by atoms with van der Waals surface area (Å²) in [6.07, 6.45) is 0. The van der Waals surface area contributed by atoms with Gasteiger partial charge in [0.1, 0.15) is 0 Å². The van der Waals surface area contributed by atoms with Gasteiger partial charge in [0.25, 0.3) is 0 Å². The first-order valence-electron chi connectivity index (χ1n) is 8.27. The van der Waals surface area contributed by atoms with E-state index in [-0.39, 0.29) is 18.5 Å². The molecule has 24 heavy (non-hydrogen) atoms. The summed E-state index contributed by atoms with van der Waals surface area (Å²) in [5.74, 6) is 0.367. The molecule has 0 aliphatic rings. The van der Waals surface area contributed by atoms with Crippen LogP contribution in [0.25, 0.3) is 0 Å². The number of amides is 1. The second-order valence-corrected chi connectivity index (χ2v) is 6.85. The first kappa shape index (κ1) is 18.5. The van der Waals surface area contributed by atoms with Crippen molar-refractivity contribution in [3.05, 3.63) is 70.2 Å². The van der Waals surface area contributed by atoms with Gasteiger partial charge in [-0.05, 0) is 36.1 Å². The Bertz CT molecular complexity index is 650. The van der Waals surface area contributed by atoms with Crippen LogP contribution in [-0.2, 0) is 11.3 Å². The van der Waals surface area contributed by atoms with Crippen molar-refractivity contribution in [1.82, 2.24) is 10.6 Å². The molecule has 2 N–H and O–H groups in total. The molecule has 0 aliphatic heterocycles. The molecule has 0 saturated heterocycles. The number of nitrogens with one attached hydrogen (secondary N) is 2. The van der Waals surface area contributed by atoms with E-state index >= 15 is 0 Å². The van der Waals surface area contributed by atoms with Crippen LogP contribution in [0.3, 0.4) is 0 Å². The molecule has 2 aromatic carbocycles. The van der Waals surface area contributed by atoms with Gasteiger partial charge in [-0.15, -0.1) is 0 Å². The lowest BCUT2D eigenvalue weighted by molar-refractivity contribution is -0.120. The molecular weight excluding hydrogens is 320 g/mol. The molecule has 3 nitrogen and oxygen atoms in total. The summed E-state index contributed by atoms with van der Waals surface area (Å²) in [5, 5.41) is 7.02. The molecule has 0 bridgehead atoms. The van der Waals surface area contributed by atoms with Crippen molar-refractivity contribution in [3.8, 4) is 0 Å². The van der Waals surface area contributed by atoms with Gasteiger partial charge in [0, 0.05) is 17.6 Å². The number of hydrogen-bond acceptors (Lipinski definition) is 2. The predicted molar refractivity (Wildman–Crippen MR) is 100 cm³/mol. The van der Waals surface area contributed by atoms with E-state index in [9.17, 15) is 4.79 Å². The molecule has 0 fully saturated rings. The van der Waals surface area contributed by atoms with E-state index in [1.807, 2.05) is 36.4 Å². The second kappa shape index (κ2) is 8.86. The molecule has 128 valence electrons. The monoisotopic (exact) mass is 344 g/mol. The largest absolute Gasteiger partial charge is 0.351 e. The smallest absolute Gasteiger partial charge is 0.234 e. The number of rotatable bonds is 7. The van der Waals surface area contributed by atoms with Crippen LogP contribution in [0.1, 0.15) is 36.6 Å². The van der Waals surface area contributed by atoms with Crippen LogP contribution in [0.2, 0.25) is 5.02 Å². The zero-order valence-corrected chi connectivity index (χ0v) is 15.2. The van der Waals surface area contributed by atoms with Gasteiger partial charge >= 0.3 is 0 Å². The summed E-state index contributed by atoms with van der Waals surface area (Å²) < 4.78 is 0. The fourth-order valence-corrected chi connectivity index (χ4v) is 2.71. The molecule has 0 heterocycles. The summed E-state index contributed by atoms with van der Waals surface area (Å²) in [7, 11) is 0. The van der Waals surface area contributed by atoms with Gasteiger partial charge in [-0.3, -0.25) is 4.79 Å². The number of carbonyl (C=O) groups is 1. The normalized spacial score (nSPS) is 12.2. The van der Waals surface area contributed by atoms with Crippen molar-refractivity contribution in [3.63, 3.8) is 0 Å². The maximum Gasteiger partial charge on any atom is 0.234 e. The number of halogens is 1. The minimum atomic E-state index is -0.00446. The number of carbonyl (C=O) groups excluding carboxylic acids is 1. The second-order valence-electron chi connectivity index (χ2n) is 6.42. The van der Waals surface area contributed by atoms with Gasteiger partial charge in [-0.25, -0.2) is 0 Å². The van der Waals surface area contributed by atoms with Gasteiger partial charge < -0.3 is 10.6 Å². The van der Waals surface area contributed by atoms with Gasteiger partial charge in [0.05, 0.1) is 6.54 Å². The molecule has 2 aromatic rings. The molecule has 4 heteroatoms. The summed E-state index contributed by atoms with van der Waals surface area (Å²) in [6, 6.07) is 16.1. The number of benzene rings is 2. The highest BCUT2D eigenvalue weighted by Crippen LogP contribution is 2.22. The molecule has 1 unspecified atom stereocenters. The van der Waals surface area contributed by atoms with Crippen molar-refractivity contribution in [2.45, 2.75) is 33.4 Å². The Morgan fingerprint density at radius 3 is 2.25 bits per heavy atom. The Morgan fingerprint density at radius 2 is 1.67 bits per heavy atom. The van der Waals surface area contributed by atoms with E-state index < -0.39 is 0 Å². The average molecular weight is 345 g/mol. The molecule has 0 saturated carbocycles. The van der Waals surface area contributed by atoms with E-state index in [4.69, 9.17) is 11.6 Å². The highest BCUT2D eigenvalue weighted by atomic mass is 35.5. The molecule has 0 radical (unpaired) electrons. The average Bonchev–Trinajstić information content (AvgIpc) is 2.56. The van der Waals surface area contributed by atoms with Crippen molar-refractivity contribution in [2.75, 3.05) is 6.54 Å². The van der Waals surface area contributed by atoms with E-state index in [0.717, 1.165) is 16.1 Å². The van der Waals surface area contributed by atoms with Gasteiger partial charge in [0.2, 0.25) is 5.91 Å². The summed E-state index contributed by atoms with van der Waals surface area (Å²) in [5.41, 5.74) is 3.46. The third-order valence-electron chi connectivity index (χ3n) is 3.99. The van der Waals surface area contributed by atoms with Crippen LogP contribution >= 0.6 is 11.6 Å². The SMILES string of the molecule is Cc1ccc(CNC(=O)CNC(c2ccc(Cl)cc2)C(C)C)cc1. The fourth-order valence-electron chi connectivity index (χ4n) is 2.58. The van der Waals surface area contributed by atoms with Crippen LogP contribution in [0.4, 0.5) is 0 Å². The van der Waals surface area contributed by atoms with Gasteiger partial charge in [0.15, 0.2) is 0 Å². The van der Waals surface area contributed by atoms with Crippen molar-refractivity contribution >= 4 is 17.5 Å². The highest BCUT2D eigenvalue weighted by Gasteiger charge is 2.16. The molecule has 0 aromatic heterocycles. The van der Waals surface area contributed by atoms with Crippen molar-refractivity contribution in [2.24, 2.45) is 5.92 Å². The molecule has 1 atom stereocenters. The van der Waals surface area contributed by atoms with E-state index in [0.29, 0.717) is 12.5 Å². The van der Waals surface area contributed by atoms with Crippen LogP contribution in [-0.4, -0.2) is 12.5 Å². The minimum Gasteiger partial charge on any atom is -0.351 e. The Kier molecular flexibility index (Phi) is 6.83. The van der Waals surface area contributed by atoms with Crippen LogP contribution < -0.4 is 10.6 Å². The Morgan fingerprint density at radius 1 is 1.04 bits per heavy atom. The van der Waals surface area contributed by atoms with Crippen LogP contribution in [0.5, 0.6) is 0 Å². The Labute approximate surface area is 149 Å². The maximum absolute atomic E-state index is 12.1. The van der Waals surface area contributed by atoms with Crippen LogP contribution in [0, 0.1) is 12.8 Å². The molecule has 0 aliphatic carbocycles. The topological polar surface area (TPSA) is 41.1 Å². The van der Waals surface area contributed by atoms with Crippen molar-refractivity contribution in [1.29, 1.82) is 0 Å². The highest BCUT2D eigenvalue weighted by molar-refractivity contribution is 6.30. The first-order valence-corrected chi connectivity index (χ1v) is 8.64. The zero-order valence-electron chi connectivity index (χ0n) is 14.5. The molecular formula is C20H25ClN2O. The predicted octanol–water partition coefficient (Wildman–Crippen LogP) is 4.25. The van der Waals surface area contributed by atoms with Gasteiger partial charge in [-0.2, -0.15) is 0 Å². The fraction of sp³-hybridized carbons (Fsp3) is 0.350. The Hall–Kier alpha value is -1.84. The zero-order chi connectivity index (χ0) is 17.5. The van der Waals surface area contributed by atoms with Crippen LogP contribution in [0.15, 0.2) is 48.5 Å². The molecule has 1 amide bonds. The first-order chi connectivity index (χ1) is 11.5. The van der Waals surface area contributed by atoms with E-state index in [2.05, 4.69) is 43.5 Å². The molecule has 0 spiro atoms. The molecule has 2 rings (SSSR count). The van der Waals surface area contributed by atoms with E-state index in [1.54, 1.807) is 0 Å². The number of aryl methyl sites for hydroxylation is 1. The number of hydrogen-bond donors (Lipinski definition) is 2. The lowest BCUT2D eigenvalue weighted by atomic mass is 9.96. The van der Waals surface area contributed by atoms with Gasteiger partial charge in [-0.1, -0.05) is 67.4 Å². The Balaban J connectivity index is 1.86. The van der Waals surface area contributed by atoms with Crippen molar-refractivity contribution < 1.29 is 4.79 Å².